The highest BCUT2D eigenvalue weighted by molar-refractivity contribution is 8.00. The first kappa shape index (κ1) is 11.5. The average Bonchev–Trinajstić information content (AvgIpc) is 2.69. The summed E-state index contributed by atoms with van der Waals surface area (Å²) in [7, 11) is 0. The lowest BCUT2D eigenvalue weighted by atomic mass is 10.1. The molecule has 1 aliphatic carbocycles. The van der Waals surface area contributed by atoms with Gasteiger partial charge in [-0.3, -0.25) is 4.79 Å². The van der Waals surface area contributed by atoms with Crippen molar-refractivity contribution in [2.45, 2.75) is 36.3 Å². The molecule has 0 spiro atoms. The molecule has 1 aliphatic rings. The Morgan fingerprint density at radius 1 is 1.31 bits per heavy atom. The van der Waals surface area contributed by atoms with Crippen molar-refractivity contribution in [2.24, 2.45) is 5.92 Å². The van der Waals surface area contributed by atoms with Gasteiger partial charge in [0.25, 0.3) is 0 Å². The van der Waals surface area contributed by atoms with E-state index in [0.29, 0.717) is 0 Å². The van der Waals surface area contributed by atoms with E-state index < -0.39 is 5.97 Å². The number of carboxylic acid groups (broad SMARTS) is 1. The fourth-order valence-electron chi connectivity index (χ4n) is 2.14. The van der Waals surface area contributed by atoms with Gasteiger partial charge in [-0.1, -0.05) is 24.1 Å². The Hall–Kier alpha value is -0.960. The van der Waals surface area contributed by atoms with Gasteiger partial charge in [0.05, 0.1) is 5.92 Å². The number of carboxylic acids is 1. The zero-order valence-corrected chi connectivity index (χ0v) is 10.2. The van der Waals surface area contributed by atoms with E-state index in [9.17, 15) is 4.79 Å². The fraction of sp³-hybridized carbons (Fsp3) is 0.462. The van der Waals surface area contributed by atoms with E-state index in [1.165, 1.54) is 10.5 Å². The summed E-state index contributed by atoms with van der Waals surface area (Å²) in [6.07, 6.45) is 2.90. The van der Waals surface area contributed by atoms with Gasteiger partial charge in [0.15, 0.2) is 0 Å². The number of thioether (sulfide) groups is 1. The molecular weight excluding hydrogens is 220 g/mol. The van der Waals surface area contributed by atoms with Crippen molar-refractivity contribution in [1.29, 1.82) is 0 Å². The summed E-state index contributed by atoms with van der Waals surface area (Å²) in [6, 6.07) is 8.31. The summed E-state index contributed by atoms with van der Waals surface area (Å²) in [5, 5.41) is 9.34. The lowest BCUT2D eigenvalue weighted by molar-refractivity contribution is -0.141. The van der Waals surface area contributed by atoms with Crippen molar-refractivity contribution in [1.82, 2.24) is 0 Å². The number of rotatable bonds is 3. The van der Waals surface area contributed by atoms with Gasteiger partial charge in [-0.25, -0.2) is 0 Å². The maximum Gasteiger partial charge on any atom is 0.307 e. The van der Waals surface area contributed by atoms with Crippen molar-refractivity contribution in [3.8, 4) is 0 Å². The maximum atomic E-state index is 11.0. The van der Waals surface area contributed by atoms with Gasteiger partial charge >= 0.3 is 5.97 Å². The highest BCUT2D eigenvalue weighted by Gasteiger charge is 2.33. The van der Waals surface area contributed by atoms with Crippen LogP contribution in [0.5, 0.6) is 0 Å². The molecule has 0 amide bonds. The summed E-state index contributed by atoms with van der Waals surface area (Å²) < 4.78 is 0. The SMILES string of the molecule is Cc1ccc(SC2CCCC2C(=O)O)cc1. The molecule has 0 bridgehead atoms. The molecule has 2 rings (SSSR count). The van der Waals surface area contributed by atoms with E-state index in [1.54, 1.807) is 11.8 Å². The molecule has 0 aliphatic heterocycles. The Labute approximate surface area is 100 Å². The highest BCUT2D eigenvalue weighted by atomic mass is 32.2. The van der Waals surface area contributed by atoms with Crippen LogP contribution >= 0.6 is 11.8 Å². The van der Waals surface area contributed by atoms with Gasteiger partial charge in [0, 0.05) is 10.1 Å². The lowest BCUT2D eigenvalue weighted by Gasteiger charge is -2.15. The van der Waals surface area contributed by atoms with Gasteiger partial charge < -0.3 is 5.11 Å². The minimum Gasteiger partial charge on any atom is -0.481 e. The van der Waals surface area contributed by atoms with E-state index in [0.717, 1.165) is 19.3 Å². The molecule has 2 atom stereocenters. The van der Waals surface area contributed by atoms with E-state index in [1.807, 2.05) is 0 Å². The van der Waals surface area contributed by atoms with Gasteiger partial charge in [-0.2, -0.15) is 0 Å². The number of hydrogen-bond donors (Lipinski definition) is 1. The van der Waals surface area contributed by atoms with Gasteiger partial charge in [0.2, 0.25) is 0 Å². The third kappa shape index (κ3) is 2.59. The molecule has 0 saturated heterocycles. The fourth-order valence-corrected chi connectivity index (χ4v) is 3.49. The Balaban J connectivity index is 2.03. The molecule has 0 aromatic heterocycles. The molecule has 0 radical (unpaired) electrons. The van der Waals surface area contributed by atoms with Gasteiger partial charge in [0.1, 0.15) is 0 Å². The van der Waals surface area contributed by atoms with Gasteiger partial charge in [-0.05, 0) is 31.9 Å². The van der Waals surface area contributed by atoms with Crippen LogP contribution < -0.4 is 0 Å². The Bertz CT molecular complexity index is 372. The Morgan fingerprint density at radius 3 is 2.62 bits per heavy atom. The normalized spacial score (nSPS) is 24.6. The predicted octanol–water partition coefficient (Wildman–Crippen LogP) is 3.34. The minimum atomic E-state index is -0.637. The van der Waals surface area contributed by atoms with Crippen molar-refractivity contribution >= 4 is 17.7 Å². The largest absolute Gasteiger partial charge is 0.481 e. The summed E-state index contributed by atoms with van der Waals surface area (Å²) >= 11 is 1.72. The first-order chi connectivity index (χ1) is 7.66. The second kappa shape index (κ2) is 4.91. The molecular formula is C13H16O2S. The van der Waals surface area contributed by atoms with Crippen LogP contribution in [0.2, 0.25) is 0 Å². The quantitative estimate of drug-likeness (QED) is 0.874. The van der Waals surface area contributed by atoms with Crippen LogP contribution in [0.3, 0.4) is 0 Å². The first-order valence-electron chi connectivity index (χ1n) is 5.63. The van der Waals surface area contributed by atoms with E-state index >= 15 is 0 Å². The molecule has 86 valence electrons. The topological polar surface area (TPSA) is 37.3 Å². The number of hydrogen-bond acceptors (Lipinski definition) is 2. The van der Waals surface area contributed by atoms with Crippen molar-refractivity contribution in [3.63, 3.8) is 0 Å². The molecule has 1 fully saturated rings. The molecule has 1 aromatic rings. The van der Waals surface area contributed by atoms with Crippen LogP contribution in [-0.4, -0.2) is 16.3 Å². The van der Waals surface area contributed by atoms with E-state index in [4.69, 9.17) is 5.11 Å². The number of carbonyl (C=O) groups is 1. The van der Waals surface area contributed by atoms with Crippen LogP contribution in [0.25, 0.3) is 0 Å². The molecule has 2 unspecified atom stereocenters. The first-order valence-corrected chi connectivity index (χ1v) is 6.51. The zero-order valence-electron chi connectivity index (χ0n) is 9.35. The standard InChI is InChI=1S/C13H16O2S/c1-9-5-7-10(8-6-9)16-12-4-2-3-11(12)13(14)15/h5-8,11-12H,2-4H2,1H3,(H,14,15). The number of aliphatic carboxylic acids is 1. The molecule has 16 heavy (non-hydrogen) atoms. The minimum absolute atomic E-state index is 0.161. The maximum absolute atomic E-state index is 11.0. The average molecular weight is 236 g/mol. The molecule has 2 nitrogen and oxygen atoms in total. The molecule has 0 heterocycles. The molecule has 1 N–H and O–H groups in total. The van der Waals surface area contributed by atoms with Crippen LogP contribution in [0.15, 0.2) is 29.2 Å². The second-order valence-corrected chi connectivity index (χ2v) is 5.66. The third-order valence-corrected chi connectivity index (χ3v) is 4.49. The smallest absolute Gasteiger partial charge is 0.307 e. The molecule has 1 aromatic carbocycles. The highest BCUT2D eigenvalue weighted by Crippen LogP contribution is 2.39. The third-order valence-electron chi connectivity index (χ3n) is 3.08. The van der Waals surface area contributed by atoms with Crippen LogP contribution in [0, 0.1) is 12.8 Å². The van der Waals surface area contributed by atoms with Gasteiger partial charge in [-0.15, -0.1) is 11.8 Å². The van der Waals surface area contributed by atoms with Crippen LogP contribution in [-0.2, 0) is 4.79 Å². The van der Waals surface area contributed by atoms with Crippen molar-refractivity contribution in [2.75, 3.05) is 0 Å². The summed E-state index contributed by atoms with van der Waals surface area (Å²) in [6.45, 7) is 2.06. The van der Waals surface area contributed by atoms with Crippen LogP contribution in [0.4, 0.5) is 0 Å². The van der Waals surface area contributed by atoms with Crippen LogP contribution in [0.1, 0.15) is 24.8 Å². The second-order valence-electron chi connectivity index (χ2n) is 4.34. The predicted molar refractivity (Wildman–Crippen MR) is 65.8 cm³/mol. The lowest BCUT2D eigenvalue weighted by Crippen LogP contribution is -2.19. The Kier molecular flexibility index (Phi) is 3.54. The summed E-state index contributed by atoms with van der Waals surface area (Å²) in [5.41, 5.74) is 1.24. The monoisotopic (exact) mass is 236 g/mol. The molecule has 3 heteroatoms. The summed E-state index contributed by atoms with van der Waals surface area (Å²) in [5.74, 6) is -0.798. The summed E-state index contributed by atoms with van der Waals surface area (Å²) in [4.78, 5) is 12.2. The van der Waals surface area contributed by atoms with E-state index in [-0.39, 0.29) is 11.2 Å². The zero-order chi connectivity index (χ0) is 11.5. The molecule has 1 saturated carbocycles. The number of aryl methyl sites for hydroxylation is 1. The van der Waals surface area contributed by atoms with Crippen molar-refractivity contribution < 1.29 is 9.90 Å². The van der Waals surface area contributed by atoms with E-state index in [2.05, 4.69) is 31.2 Å². The Morgan fingerprint density at radius 2 is 2.00 bits per heavy atom. The van der Waals surface area contributed by atoms with Crippen molar-refractivity contribution in [3.05, 3.63) is 29.8 Å². The number of benzene rings is 1.